The summed E-state index contributed by atoms with van der Waals surface area (Å²) in [6.45, 7) is 2.47. The lowest BCUT2D eigenvalue weighted by Gasteiger charge is -2.35. The molecule has 0 N–H and O–H groups in total. The highest BCUT2D eigenvalue weighted by Crippen LogP contribution is 2.30. The van der Waals surface area contributed by atoms with Crippen LogP contribution in [0.4, 0.5) is 0 Å². The molecule has 1 fully saturated rings. The van der Waals surface area contributed by atoms with Crippen LogP contribution in [0.25, 0.3) is 0 Å². The van der Waals surface area contributed by atoms with Gasteiger partial charge in [0.1, 0.15) is 0 Å². The molecule has 0 saturated carbocycles. The zero-order valence-electron chi connectivity index (χ0n) is 15.3. The van der Waals surface area contributed by atoms with E-state index in [9.17, 15) is 9.59 Å². The second kappa shape index (κ2) is 7.59. The van der Waals surface area contributed by atoms with E-state index in [1.807, 2.05) is 4.90 Å². The summed E-state index contributed by atoms with van der Waals surface area (Å²) in [6, 6.07) is 3.35. The third kappa shape index (κ3) is 3.56. The largest absolute Gasteiger partial charge is 0.345 e. The molecule has 1 aliphatic rings. The van der Waals surface area contributed by atoms with Gasteiger partial charge in [-0.3, -0.25) is 14.6 Å². The maximum atomic E-state index is 12.9. The normalized spacial score (nSPS) is 17.0. The molecule has 3 rings (SSSR count). The minimum Gasteiger partial charge on any atom is -0.345 e. The van der Waals surface area contributed by atoms with Crippen molar-refractivity contribution in [1.29, 1.82) is 0 Å². The summed E-state index contributed by atoms with van der Waals surface area (Å²) in [5.74, 6) is 0.410. The van der Waals surface area contributed by atoms with Crippen molar-refractivity contribution in [3.63, 3.8) is 0 Å². The smallest absolute Gasteiger partial charge is 0.256 e. The van der Waals surface area contributed by atoms with Crippen LogP contribution < -0.4 is 0 Å². The molecule has 2 aromatic heterocycles. The molecule has 0 bridgehead atoms. The lowest BCUT2D eigenvalue weighted by molar-refractivity contribution is 0.0598. The van der Waals surface area contributed by atoms with Crippen molar-refractivity contribution in [1.82, 2.24) is 24.8 Å². The summed E-state index contributed by atoms with van der Waals surface area (Å²) in [5, 5.41) is 0. The molecule has 7 heteroatoms. The van der Waals surface area contributed by atoms with Crippen molar-refractivity contribution in [2.75, 3.05) is 20.6 Å². The predicted octanol–water partition coefficient (Wildman–Crippen LogP) is 2.25. The van der Waals surface area contributed by atoms with E-state index in [1.54, 1.807) is 51.7 Å². The van der Waals surface area contributed by atoms with Gasteiger partial charge in [-0.05, 0) is 38.3 Å². The number of pyridine rings is 1. The summed E-state index contributed by atoms with van der Waals surface area (Å²) < 4.78 is 0. The van der Waals surface area contributed by atoms with Gasteiger partial charge in [0, 0.05) is 39.2 Å². The number of amides is 2. The van der Waals surface area contributed by atoms with Crippen molar-refractivity contribution in [3.8, 4) is 0 Å². The second-order valence-electron chi connectivity index (χ2n) is 6.68. The predicted molar refractivity (Wildman–Crippen MR) is 96.7 cm³/mol. The van der Waals surface area contributed by atoms with Gasteiger partial charge < -0.3 is 9.80 Å². The Kier molecular flexibility index (Phi) is 5.25. The minimum absolute atomic E-state index is 0.0579. The fourth-order valence-electron chi connectivity index (χ4n) is 3.19. The fraction of sp³-hybridized carbons (Fsp3) is 0.421. The third-order valence-electron chi connectivity index (χ3n) is 4.60. The van der Waals surface area contributed by atoms with Crippen LogP contribution in [0.2, 0.25) is 0 Å². The average molecular weight is 353 g/mol. The van der Waals surface area contributed by atoms with Gasteiger partial charge in [0.25, 0.3) is 11.8 Å². The molecule has 2 aromatic rings. The van der Waals surface area contributed by atoms with E-state index >= 15 is 0 Å². The average Bonchev–Trinajstić information content (AvgIpc) is 2.67. The van der Waals surface area contributed by atoms with Crippen molar-refractivity contribution >= 4 is 11.8 Å². The number of carbonyl (C=O) groups is 2. The first kappa shape index (κ1) is 18.0. The van der Waals surface area contributed by atoms with E-state index in [4.69, 9.17) is 0 Å². The molecular weight excluding hydrogens is 330 g/mol. The van der Waals surface area contributed by atoms with Gasteiger partial charge in [-0.2, -0.15) is 0 Å². The standard InChI is InChI=1S/C19H23N5O2/c1-13-15(19(26)23(2)3)12-21-17(22-13)16-8-4-5-10-24(16)18(25)14-7-6-9-20-11-14/h6-7,9,11-12,16H,4-5,8,10H2,1-3H3/t16-/m0/s1. The summed E-state index contributed by atoms with van der Waals surface area (Å²) in [6.07, 6.45) is 7.59. The van der Waals surface area contributed by atoms with E-state index < -0.39 is 0 Å². The highest BCUT2D eigenvalue weighted by Gasteiger charge is 2.31. The van der Waals surface area contributed by atoms with Gasteiger partial charge in [0.05, 0.1) is 22.9 Å². The fourth-order valence-corrected chi connectivity index (χ4v) is 3.19. The lowest BCUT2D eigenvalue weighted by atomic mass is 10.00. The molecule has 0 unspecified atom stereocenters. The molecule has 1 aliphatic heterocycles. The highest BCUT2D eigenvalue weighted by molar-refractivity contribution is 5.95. The van der Waals surface area contributed by atoms with Crippen LogP contribution in [0.15, 0.2) is 30.7 Å². The van der Waals surface area contributed by atoms with Gasteiger partial charge in [-0.15, -0.1) is 0 Å². The number of likely N-dealkylation sites (tertiary alicyclic amines) is 1. The molecule has 7 nitrogen and oxygen atoms in total. The molecule has 136 valence electrons. The van der Waals surface area contributed by atoms with Crippen molar-refractivity contribution in [2.45, 2.75) is 32.2 Å². The number of rotatable bonds is 3. The van der Waals surface area contributed by atoms with Crippen LogP contribution >= 0.6 is 0 Å². The monoisotopic (exact) mass is 353 g/mol. The Bertz CT molecular complexity index is 807. The van der Waals surface area contributed by atoms with Gasteiger partial charge in [0.2, 0.25) is 0 Å². The third-order valence-corrected chi connectivity index (χ3v) is 4.60. The van der Waals surface area contributed by atoms with E-state index in [0.717, 1.165) is 19.3 Å². The molecule has 26 heavy (non-hydrogen) atoms. The highest BCUT2D eigenvalue weighted by atomic mass is 16.2. The molecule has 1 atom stereocenters. The van der Waals surface area contributed by atoms with Crippen LogP contribution in [0.1, 0.15) is 57.5 Å². The summed E-state index contributed by atoms with van der Waals surface area (Å²) >= 11 is 0. The SMILES string of the molecule is Cc1nc([C@@H]2CCCCN2C(=O)c2cccnc2)ncc1C(=O)N(C)C. The Balaban J connectivity index is 1.89. The second-order valence-corrected chi connectivity index (χ2v) is 6.68. The Labute approximate surface area is 153 Å². The summed E-state index contributed by atoms with van der Waals surface area (Å²) in [7, 11) is 3.40. The van der Waals surface area contributed by atoms with E-state index in [2.05, 4.69) is 15.0 Å². The van der Waals surface area contributed by atoms with Gasteiger partial charge in [0.15, 0.2) is 5.82 Å². The molecule has 0 aliphatic carbocycles. The summed E-state index contributed by atoms with van der Waals surface area (Å²) in [5.41, 5.74) is 1.68. The molecule has 1 saturated heterocycles. The Morgan fingerprint density at radius 2 is 2.04 bits per heavy atom. The zero-order chi connectivity index (χ0) is 18.7. The molecule has 0 aromatic carbocycles. The number of hydrogen-bond acceptors (Lipinski definition) is 5. The number of aryl methyl sites for hydroxylation is 1. The van der Waals surface area contributed by atoms with Crippen molar-refractivity contribution in [2.24, 2.45) is 0 Å². The molecule has 0 spiro atoms. The quantitative estimate of drug-likeness (QED) is 0.845. The minimum atomic E-state index is -0.182. The van der Waals surface area contributed by atoms with Crippen LogP contribution in [0.5, 0.6) is 0 Å². The van der Waals surface area contributed by atoms with Gasteiger partial charge >= 0.3 is 0 Å². The van der Waals surface area contributed by atoms with E-state index in [-0.39, 0.29) is 17.9 Å². The maximum Gasteiger partial charge on any atom is 0.256 e. The number of aromatic nitrogens is 3. The first-order valence-electron chi connectivity index (χ1n) is 8.75. The van der Waals surface area contributed by atoms with Crippen LogP contribution in [0, 0.1) is 6.92 Å². The van der Waals surface area contributed by atoms with Crippen molar-refractivity contribution < 1.29 is 9.59 Å². The van der Waals surface area contributed by atoms with Crippen LogP contribution in [0.3, 0.4) is 0 Å². The first-order valence-corrected chi connectivity index (χ1v) is 8.75. The zero-order valence-corrected chi connectivity index (χ0v) is 15.3. The number of piperidine rings is 1. The van der Waals surface area contributed by atoms with Gasteiger partial charge in [-0.25, -0.2) is 9.97 Å². The molecule has 3 heterocycles. The molecule has 2 amide bonds. The molecular formula is C19H23N5O2. The Hall–Kier alpha value is -2.83. The maximum absolute atomic E-state index is 12.9. The Morgan fingerprint density at radius 1 is 1.23 bits per heavy atom. The lowest BCUT2D eigenvalue weighted by Crippen LogP contribution is -2.39. The number of carbonyl (C=O) groups excluding carboxylic acids is 2. The Morgan fingerprint density at radius 3 is 2.69 bits per heavy atom. The van der Waals surface area contributed by atoms with E-state index in [1.165, 1.54) is 4.90 Å². The number of nitrogens with zero attached hydrogens (tertiary/aromatic N) is 5. The van der Waals surface area contributed by atoms with E-state index in [0.29, 0.717) is 29.2 Å². The topological polar surface area (TPSA) is 79.3 Å². The summed E-state index contributed by atoms with van der Waals surface area (Å²) in [4.78, 5) is 41.4. The van der Waals surface area contributed by atoms with Crippen molar-refractivity contribution in [3.05, 3.63) is 53.4 Å². The number of hydrogen-bond donors (Lipinski definition) is 0. The van der Waals surface area contributed by atoms with Crippen LogP contribution in [-0.4, -0.2) is 57.2 Å². The van der Waals surface area contributed by atoms with Gasteiger partial charge in [-0.1, -0.05) is 0 Å². The molecule has 0 radical (unpaired) electrons. The first-order chi connectivity index (χ1) is 12.5. The van der Waals surface area contributed by atoms with Crippen LogP contribution in [-0.2, 0) is 0 Å².